The van der Waals surface area contributed by atoms with Crippen LogP contribution in [0.4, 0.5) is 10.5 Å². The van der Waals surface area contributed by atoms with Gasteiger partial charge in [-0.25, -0.2) is 4.79 Å². The number of carbonyl (C=O) groups is 1. The van der Waals surface area contributed by atoms with Gasteiger partial charge in [-0.3, -0.25) is 0 Å². The van der Waals surface area contributed by atoms with Crippen LogP contribution in [-0.2, 0) is 0 Å². The number of amidine groups is 1. The largest absolute Gasteiger partial charge is 0.363 e. The van der Waals surface area contributed by atoms with Gasteiger partial charge in [-0.05, 0) is 38.3 Å². The van der Waals surface area contributed by atoms with Crippen LogP contribution in [0.1, 0.15) is 29.5 Å². The normalized spacial score (nSPS) is 17.1. The highest BCUT2D eigenvalue weighted by atomic mass is 16.2. The highest BCUT2D eigenvalue weighted by Gasteiger charge is 2.16. The lowest BCUT2D eigenvalue weighted by Crippen LogP contribution is -2.22. The monoisotopic (exact) mass is 259 g/mol. The molecule has 0 aliphatic carbocycles. The fourth-order valence-electron chi connectivity index (χ4n) is 2.56. The molecule has 0 bridgehead atoms. The number of carbonyl (C=O) groups excluding carboxylic acids is 1. The molecule has 2 amide bonds. The molecule has 1 N–H and O–H groups in total. The molecule has 0 atom stereocenters. The van der Waals surface area contributed by atoms with Gasteiger partial charge in [0, 0.05) is 25.7 Å². The SMILES string of the molecule is Cc1cc(C)c(NC(=O)/N=C2/CCCN2C)c(C)c1. The van der Waals surface area contributed by atoms with E-state index in [1.54, 1.807) is 0 Å². The molecule has 1 fully saturated rings. The van der Waals surface area contributed by atoms with E-state index in [9.17, 15) is 4.79 Å². The lowest BCUT2D eigenvalue weighted by molar-refractivity contribution is 0.259. The van der Waals surface area contributed by atoms with Gasteiger partial charge in [0.1, 0.15) is 5.84 Å². The zero-order valence-electron chi connectivity index (χ0n) is 12.1. The van der Waals surface area contributed by atoms with Crippen LogP contribution in [0.2, 0.25) is 0 Å². The number of aryl methyl sites for hydroxylation is 3. The van der Waals surface area contributed by atoms with E-state index in [1.165, 1.54) is 5.56 Å². The molecule has 0 aromatic heterocycles. The van der Waals surface area contributed by atoms with Crippen LogP contribution in [0.3, 0.4) is 0 Å². The van der Waals surface area contributed by atoms with E-state index >= 15 is 0 Å². The Morgan fingerprint density at radius 1 is 1.26 bits per heavy atom. The quantitative estimate of drug-likeness (QED) is 0.841. The van der Waals surface area contributed by atoms with Crippen LogP contribution < -0.4 is 5.32 Å². The third-order valence-electron chi connectivity index (χ3n) is 3.47. The van der Waals surface area contributed by atoms with E-state index in [0.29, 0.717) is 0 Å². The number of aliphatic imine (C=N–C) groups is 1. The van der Waals surface area contributed by atoms with Crippen LogP contribution in [-0.4, -0.2) is 30.4 Å². The van der Waals surface area contributed by atoms with E-state index in [4.69, 9.17) is 0 Å². The van der Waals surface area contributed by atoms with Gasteiger partial charge < -0.3 is 10.2 Å². The molecule has 0 saturated carbocycles. The predicted molar refractivity (Wildman–Crippen MR) is 79.0 cm³/mol. The van der Waals surface area contributed by atoms with Gasteiger partial charge in [0.2, 0.25) is 0 Å². The van der Waals surface area contributed by atoms with Crippen molar-refractivity contribution in [2.24, 2.45) is 4.99 Å². The zero-order chi connectivity index (χ0) is 14.0. The van der Waals surface area contributed by atoms with E-state index in [1.807, 2.05) is 25.8 Å². The number of likely N-dealkylation sites (tertiary alicyclic amines) is 1. The van der Waals surface area contributed by atoms with Crippen molar-refractivity contribution >= 4 is 17.6 Å². The zero-order valence-corrected chi connectivity index (χ0v) is 12.1. The van der Waals surface area contributed by atoms with Gasteiger partial charge in [-0.15, -0.1) is 0 Å². The minimum Gasteiger partial charge on any atom is -0.363 e. The molecule has 1 aromatic carbocycles. The van der Waals surface area contributed by atoms with Crippen molar-refractivity contribution in [1.82, 2.24) is 4.90 Å². The molecule has 1 heterocycles. The number of rotatable bonds is 1. The maximum absolute atomic E-state index is 12.0. The molecule has 1 aromatic rings. The standard InChI is InChI=1S/C15H21N3O/c1-10-8-11(2)14(12(3)9-10)17-15(19)16-13-6-5-7-18(13)4/h8-9H,5-7H2,1-4H3,(H,17,19)/b16-13-. The number of nitrogens with one attached hydrogen (secondary N) is 1. The van der Waals surface area contributed by atoms with Gasteiger partial charge in [0.25, 0.3) is 0 Å². The molecular weight excluding hydrogens is 238 g/mol. The fourth-order valence-corrected chi connectivity index (χ4v) is 2.56. The summed E-state index contributed by atoms with van der Waals surface area (Å²) >= 11 is 0. The van der Waals surface area contributed by atoms with Gasteiger partial charge in [-0.2, -0.15) is 4.99 Å². The molecule has 1 aliphatic heterocycles. The topological polar surface area (TPSA) is 44.7 Å². The molecule has 0 radical (unpaired) electrons. The van der Waals surface area contributed by atoms with Crippen molar-refractivity contribution in [3.63, 3.8) is 0 Å². The maximum Gasteiger partial charge on any atom is 0.347 e. The van der Waals surface area contributed by atoms with Crippen molar-refractivity contribution in [2.75, 3.05) is 18.9 Å². The highest BCUT2D eigenvalue weighted by Crippen LogP contribution is 2.22. The van der Waals surface area contributed by atoms with Crippen LogP contribution in [0.25, 0.3) is 0 Å². The number of urea groups is 1. The molecular formula is C15H21N3O. The first-order valence-corrected chi connectivity index (χ1v) is 6.65. The number of benzene rings is 1. The molecule has 0 spiro atoms. The molecule has 2 rings (SSSR count). The lowest BCUT2D eigenvalue weighted by Gasteiger charge is -2.13. The third-order valence-corrected chi connectivity index (χ3v) is 3.47. The molecule has 1 saturated heterocycles. The summed E-state index contributed by atoms with van der Waals surface area (Å²) in [6, 6.07) is 3.85. The number of anilines is 1. The lowest BCUT2D eigenvalue weighted by atomic mass is 10.1. The summed E-state index contributed by atoms with van der Waals surface area (Å²) in [7, 11) is 1.97. The summed E-state index contributed by atoms with van der Waals surface area (Å²) in [5, 5.41) is 2.90. The summed E-state index contributed by atoms with van der Waals surface area (Å²) in [6.07, 6.45) is 1.96. The molecule has 102 valence electrons. The van der Waals surface area contributed by atoms with Crippen LogP contribution in [0.5, 0.6) is 0 Å². The molecule has 4 nitrogen and oxygen atoms in total. The predicted octanol–water partition coefficient (Wildman–Crippen LogP) is 3.27. The smallest absolute Gasteiger partial charge is 0.347 e. The average molecular weight is 259 g/mol. The van der Waals surface area contributed by atoms with Crippen LogP contribution >= 0.6 is 0 Å². The number of nitrogens with zero attached hydrogens (tertiary/aromatic N) is 2. The number of amides is 2. The Morgan fingerprint density at radius 2 is 1.89 bits per heavy atom. The van der Waals surface area contributed by atoms with E-state index in [0.717, 1.165) is 42.0 Å². The molecule has 19 heavy (non-hydrogen) atoms. The van der Waals surface area contributed by atoms with Crippen molar-refractivity contribution in [2.45, 2.75) is 33.6 Å². The van der Waals surface area contributed by atoms with E-state index < -0.39 is 0 Å². The molecule has 0 unspecified atom stereocenters. The van der Waals surface area contributed by atoms with Crippen molar-refractivity contribution < 1.29 is 4.79 Å². The summed E-state index contributed by atoms with van der Waals surface area (Å²) in [5.41, 5.74) is 4.23. The van der Waals surface area contributed by atoms with E-state index in [-0.39, 0.29) is 6.03 Å². The Bertz CT molecular complexity index is 511. The highest BCUT2D eigenvalue weighted by molar-refractivity contribution is 6.01. The second-order valence-electron chi connectivity index (χ2n) is 5.26. The Morgan fingerprint density at radius 3 is 2.42 bits per heavy atom. The minimum atomic E-state index is -0.279. The second kappa shape index (κ2) is 5.43. The summed E-state index contributed by atoms with van der Waals surface area (Å²) in [6.45, 7) is 7.04. The first-order chi connectivity index (χ1) is 8.97. The van der Waals surface area contributed by atoms with Crippen molar-refractivity contribution in [3.8, 4) is 0 Å². The second-order valence-corrected chi connectivity index (χ2v) is 5.26. The first-order valence-electron chi connectivity index (χ1n) is 6.65. The number of hydrogen-bond acceptors (Lipinski definition) is 1. The van der Waals surface area contributed by atoms with Crippen LogP contribution in [0, 0.1) is 20.8 Å². The van der Waals surface area contributed by atoms with E-state index in [2.05, 4.69) is 29.4 Å². The van der Waals surface area contributed by atoms with Gasteiger partial charge in [0.15, 0.2) is 0 Å². The third kappa shape index (κ3) is 3.13. The summed E-state index contributed by atoms with van der Waals surface area (Å²) < 4.78 is 0. The average Bonchev–Trinajstić information content (AvgIpc) is 2.69. The minimum absolute atomic E-state index is 0.279. The van der Waals surface area contributed by atoms with Crippen molar-refractivity contribution in [1.29, 1.82) is 0 Å². The Balaban J connectivity index is 2.16. The number of hydrogen-bond donors (Lipinski definition) is 1. The van der Waals surface area contributed by atoms with Gasteiger partial charge >= 0.3 is 6.03 Å². The molecule has 1 aliphatic rings. The Hall–Kier alpha value is -1.84. The maximum atomic E-state index is 12.0. The van der Waals surface area contributed by atoms with Gasteiger partial charge in [-0.1, -0.05) is 17.7 Å². The Labute approximate surface area is 114 Å². The Kier molecular flexibility index (Phi) is 3.88. The fraction of sp³-hybridized carbons (Fsp3) is 0.467. The first kappa shape index (κ1) is 13.6. The van der Waals surface area contributed by atoms with Crippen LogP contribution in [0.15, 0.2) is 17.1 Å². The summed E-state index contributed by atoms with van der Waals surface area (Å²) in [5.74, 6) is 0.875. The van der Waals surface area contributed by atoms with Crippen molar-refractivity contribution in [3.05, 3.63) is 28.8 Å². The van der Waals surface area contributed by atoms with Gasteiger partial charge in [0.05, 0.1) is 0 Å². The summed E-state index contributed by atoms with van der Waals surface area (Å²) in [4.78, 5) is 18.2. The molecule has 4 heteroatoms.